The maximum absolute atomic E-state index is 5.28. The Morgan fingerprint density at radius 3 is 2.55 bits per heavy atom. The molecule has 0 saturated heterocycles. The lowest BCUT2D eigenvalue weighted by Crippen LogP contribution is -2.11. The highest BCUT2D eigenvalue weighted by Crippen LogP contribution is 2.00. The van der Waals surface area contributed by atoms with Crippen LogP contribution in [0.1, 0.15) is 19.8 Å². The maximum Gasteiger partial charge on any atom is 0.0933 e. The van der Waals surface area contributed by atoms with Gasteiger partial charge in [0.2, 0.25) is 0 Å². The zero-order valence-electron chi connectivity index (χ0n) is 6.50. The second-order valence-corrected chi connectivity index (χ2v) is 2.07. The molecule has 0 aromatic heterocycles. The Kier molecular flexibility index (Phi) is 12.5. The molecule has 5 heteroatoms. The Morgan fingerprint density at radius 1 is 1.45 bits per heavy atom. The van der Waals surface area contributed by atoms with Gasteiger partial charge in [-0.15, -0.1) is 0 Å². The lowest BCUT2D eigenvalue weighted by molar-refractivity contribution is -0.515. The van der Waals surface area contributed by atoms with Gasteiger partial charge in [-0.3, -0.25) is 0 Å². The number of hydrogen-bond donors (Lipinski definition) is 1. The third kappa shape index (κ3) is 10.1. The van der Waals surface area contributed by atoms with E-state index in [1.165, 1.54) is 7.11 Å². The number of nitrogens with two attached hydrogens (primary N) is 1. The summed E-state index contributed by atoms with van der Waals surface area (Å²) in [4.78, 5) is 8.95. The Morgan fingerprint density at radius 2 is 2.09 bits per heavy atom. The van der Waals surface area contributed by atoms with Gasteiger partial charge in [-0.2, -0.15) is 0 Å². The summed E-state index contributed by atoms with van der Waals surface area (Å²) in [5.74, 6) is 0. The van der Waals surface area contributed by atoms with Gasteiger partial charge in [0.05, 0.1) is 13.2 Å². The van der Waals surface area contributed by atoms with Crippen LogP contribution >= 0.6 is 0 Å². The van der Waals surface area contributed by atoms with Crippen molar-refractivity contribution in [2.45, 2.75) is 25.9 Å². The molecule has 0 rings (SSSR count). The van der Waals surface area contributed by atoms with Crippen molar-refractivity contribution in [2.24, 2.45) is 5.73 Å². The molecule has 4 nitrogen and oxygen atoms in total. The summed E-state index contributed by atoms with van der Waals surface area (Å²) in [5, 5.41) is 4.25. The van der Waals surface area contributed by atoms with Crippen molar-refractivity contribution in [1.82, 2.24) is 0 Å². The van der Waals surface area contributed by atoms with E-state index < -0.39 is 0 Å². The van der Waals surface area contributed by atoms with Crippen LogP contribution in [0, 0.1) is 0 Å². The van der Waals surface area contributed by atoms with Crippen molar-refractivity contribution >= 4 is 11.0 Å². The van der Waals surface area contributed by atoms with Crippen LogP contribution in [0.25, 0.3) is 0 Å². The highest BCUT2D eigenvalue weighted by Gasteiger charge is 2.01. The lowest BCUT2D eigenvalue weighted by atomic mass is 10.2. The number of rotatable bonds is 6. The van der Waals surface area contributed by atoms with Gasteiger partial charge in [0.25, 0.3) is 0 Å². The standard InChI is InChI=1S/C6H15NO3.H4Si/c1-6(4-3-5-7)9-10-8-2;/h6H,3-5,7H2,1-2H3;1H4. The number of hydrogen-bond acceptors (Lipinski definition) is 4. The first-order valence-electron chi connectivity index (χ1n) is 3.37. The minimum Gasteiger partial charge on any atom is -0.330 e. The van der Waals surface area contributed by atoms with E-state index in [1.807, 2.05) is 6.92 Å². The summed E-state index contributed by atoms with van der Waals surface area (Å²) in [6, 6.07) is 0. The van der Waals surface area contributed by atoms with Gasteiger partial charge in [0, 0.05) is 0 Å². The zero-order chi connectivity index (χ0) is 7.82. The predicted octanol–water partition coefficient (Wildman–Crippen LogP) is -0.828. The molecular formula is C6H19NO3Si. The summed E-state index contributed by atoms with van der Waals surface area (Å²) in [6.45, 7) is 2.58. The molecule has 0 heterocycles. The van der Waals surface area contributed by atoms with E-state index in [-0.39, 0.29) is 17.1 Å². The fourth-order valence-corrected chi connectivity index (χ4v) is 0.560. The Bertz CT molecular complexity index is 66.8. The van der Waals surface area contributed by atoms with Crippen LogP contribution < -0.4 is 5.73 Å². The molecule has 1 unspecified atom stereocenters. The third-order valence-corrected chi connectivity index (χ3v) is 1.09. The van der Waals surface area contributed by atoms with Gasteiger partial charge in [-0.1, -0.05) is 5.04 Å². The van der Waals surface area contributed by atoms with Crippen LogP contribution in [0.15, 0.2) is 0 Å². The van der Waals surface area contributed by atoms with Gasteiger partial charge < -0.3 is 5.73 Å². The van der Waals surface area contributed by atoms with Gasteiger partial charge in [0.1, 0.15) is 0 Å². The van der Waals surface area contributed by atoms with E-state index >= 15 is 0 Å². The van der Waals surface area contributed by atoms with Crippen molar-refractivity contribution in [1.29, 1.82) is 0 Å². The van der Waals surface area contributed by atoms with Crippen LogP contribution in [0.3, 0.4) is 0 Å². The van der Waals surface area contributed by atoms with Gasteiger partial charge >= 0.3 is 0 Å². The van der Waals surface area contributed by atoms with Crippen molar-refractivity contribution in [3.05, 3.63) is 0 Å². The van der Waals surface area contributed by atoms with Gasteiger partial charge in [-0.05, 0) is 37.3 Å². The van der Waals surface area contributed by atoms with Gasteiger partial charge in [-0.25, -0.2) is 9.78 Å². The van der Waals surface area contributed by atoms with E-state index in [2.05, 4.69) is 9.93 Å². The second-order valence-electron chi connectivity index (χ2n) is 2.07. The predicted molar refractivity (Wildman–Crippen MR) is 48.3 cm³/mol. The second kappa shape index (κ2) is 10.1. The van der Waals surface area contributed by atoms with Crippen LogP contribution in [0.5, 0.6) is 0 Å². The molecule has 0 amide bonds. The van der Waals surface area contributed by atoms with Crippen LogP contribution in [0.2, 0.25) is 0 Å². The summed E-state index contributed by atoms with van der Waals surface area (Å²) < 4.78 is 0. The average molecular weight is 181 g/mol. The lowest BCUT2D eigenvalue weighted by Gasteiger charge is -2.07. The fourth-order valence-electron chi connectivity index (χ4n) is 0.560. The smallest absolute Gasteiger partial charge is 0.0933 e. The first-order chi connectivity index (χ1) is 4.81. The molecule has 2 N–H and O–H groups in total. The highest BCUT2D eigenvalue weighted by molar-refractivity contribution is 5.75. The average Bonchev–Trinajstić information content (AvgIpc) is 1.97. The molecule has 0 aromatic rings. The van der Waals surface area contributed by atoms with Crippen LogP contribution in [0.4, 0.5) is 0 Å². The summed E-state index contributed by atoms with van der Waals surface area (Å²) in [6.07, 6.45) is 1.87. The van der Waals surface area contributed by atoms with E-state index in [0.717, 1.165) is 12.8 Å². The highest BCUT2D eigenvalue weighted by atomic mass is 28.1. The Balaban J connectivity index is 0. The molecule has 0 bridgehead atoms. The molecule has 0 radical (unpaired) electrons. The first-order valence-corrected chi connectivity index (χ1v) is 3.37. The Labute approximate surface area is 71.9 Å². The molecule has 11 heavy (non-hydrogen) atoms. The molecule has 70 valence electrons. The molecule has 0 aliphatic heterocycles. The monoisotopic (exact) mass is 181 g/mol. The maximum atomic E-state index is 5.28. The summed E-state index contributed by atoms with van der Waals surface area (Å²) in [7, 11) is 1.40. The van der Waals surface area contributed by atoms with Crippen LogP contribution in [-0.4, -0.2) is 30.7 Å². The summed E-state index contributed by atoms with van der Waals surface area (Å²) in [5.41, 5.74) is 5.28. The van der Waals surface area contributed by atoms with Gasteiger partial charge in [0.15, 0.2) is 0 Å². The zero-order valence-corrected chi connectivity index (χ0v) is 6.50. The van der Waals surface area contributed by atoms with Crippen molar-refractivity contribution in [2.75, 3.05) is 13.7 Å². The van der Waals surface area contributed by atoms with Crippen molar-refractivity contribution < 1.29 is 14.8 Å². The van der Waals surface area contributed by atoms with E-state index in [9.17, 15) is 0 Å². The normalized spacial score (nSPS) is 12.3. The molecule has 1 atom stereocenters. The quantitative estimate of drug-likeness (QED) is 0.330. The minimum absolute atomic E-state index is 0. The first kappa shape index (κ1) is 13.6. The molecule has 0 fully saturated rings. The van der Waals surface area contributed by atoms with E-state index in [4.69, 9.17) is 10.6 Å². The molecule has 0 spiro atoms. The molecule has 0 saturated carbocycles. The molecular weight excluding hydrogens is 162 g/mol. The fraction of sp³-hybridized carbons (Fsp3) is 1.00. The SMILES string of the molecule is COOOC(C)CCCN.[SiH4]. The van der Waals surface area contributed by atoms with Crippen molar-refractivity contribution in [3.8, 4) is 0 Å². The summed E-state index contributed by atoms with van der Waals surface area (Å²) >= 11 is 0. The third-order valence-electron chi connectivity index (χ3n) is 1.09. The molecule has 0 aromatic carbocycles. The van der Waals surface area contributed by atoms with Crippen LogP contribution in [-0.2, 0) is 14.8 Å². The molecule has 0 aliphatic rings. The Hall–Kier alpha value is 0.0569. The van der Waals surface area contributed by atoms with E-state index in [0.29, 0.717) is 6.54 Å². The topological polar surface area (TPSA) is 53.7 Å². The minimum atomic E-state index is 0. The van der Waals surface area contributed by atoms with E-state index in [1.54, 1.807) is 0 Å². The van der Waals surface area contributed by atoms with Crippen molar-refractivity contribution in [3.63, 3.8) is 0 Å². The largest absolute Gasteiger partial charge is 0.330 e. The molecule has 0 aliphatic carbocycles.